The molecular formula is C18H20N2O2S. The van der Waals surface area contributed by atoms with Gasteiger partial charge in [0, 0.05) is 16.4 Å². The summed E-state index contributed by atoms with van der Waals surface area (Å²) in [6.07, 6.45) is 3.01. The lowest BCUT2D eigenvalue weighted by molar-refractivity contribution is -0.137. The number of carboxylic acids is 1. The number of rotatable bonds is 4. The van der Waals surface area contributed by atoms with E-state index in [9.17, 15) is 9.90 Å². The van der Waals surface area contributed by atoms with Crippen LogP contribution in [0.4, 0.5) is 5.69 Å². The van der Waals surface area contributed by atoms with E-state index in [1.54, 1.807) is 11.3 Å². The van der Waals surface area contributed by atoms with Crippen molar-refractivity contribution < 1.29 is 9.90 Å². The molecule has 0 saturated carbocycles. The van der Waals surface area contributed by atoms with Gasteiger partial charge in [-0.1, -0.05) is 17.7 Å². The van der Waals surface area contributed by atoms with Crippen molar-refractivity contribution in [3.8, 4) is 0 Å². The Kier molecular flexibility index (Phi) is 4.76. The number of carbonyl (C=O) groups is 1. The zero-order valence-electron chi connectivity index (χ0n) is 13.1. The minimum atomic E-state index is -0.767. The first-order chi connectivity index (χ1) is 11.1. The fourth-order valence-electron chi connectivity index (χ4n) is 2.94. The molecule has 1 aliphatic carbocycles. The van der Waals surface area contributed by atoms with E-state index in [0.29, 0.717) is 0 Å². The highest BCUT2D eigenvalue weighted by Crippen LogP contribution is 2.30. The number of benzene rings is 1. The minimum Gasteiger partial charge on any atom is -0.481 e. The Labute approximate surface area is 139 Å². The van der Waals surface area contributed by atoms with E-state index in [1.807, 2.05) is 31.2 Å². The average molecular weight is 328 g/mol. The van der Waals surface area contributed by atoms with Crippen LogP contribution in [0.3, 0.4) is 0 Å². The minimum absolute atomic E-state index is 0.0405. The number of aryl methyl sites for hydroxylation is 2. The molecule has 5 heteroatoms. The smallest absolute Gasteiger partial charge is 0.304 e. The number of anilines is 1. The van der Waals surface area contributed by atoms with Crippen molar-refractivity contribution in [2.24, 2.45) is 11.0 Å². The van der Waals surface area contributed by atoms with Crippen LogP contribution >= 0.6 is 11.3 Å². The number of nitrogens with one attached hydrogen (secondary N) is 1. The van der Waals surface area contributed by atoms with Crippen LogP contribution in [0.25, 0.3) is 0 Å². The number of hydrazone groups is 1. The summed E-state index contributed by atoms with van der Waals surface area (Å²) in [5.74, 6) is -0.807. The Balaban J connectivity index is 1.91. The largest absolute Gasteiger partial charge is 0.481 e. The number of fused-ring (bicyclic) bond motifs is 1. The molecule has 1 aliphatic rings. The maximum atomic E-state index is 11.2. The van der Waals surface area contributed by atoms with E-state index in [4.69, 9.17) is 0 Å². The highest BCUT2D eigenvalue weighted by molar-refractivity contribution is 7.10. The maximum absolute atomic E-state index is 11.2. The lowest BCUT2D eigenvalue weighted by Gasteiger charge is -2.15. The van der Waals surface area contributed by atoms with Crippen LogP contribution in [0.5, 0.6) is 0 Å². The molecule has 0 spiro atoms. The average Bonchev–Trinajstić information content (AvgIpc) is 2.91. The van der Waals surface area contributed by atoms with E-state index >= 15 is 0 Å². The number of hydrogen-bond acceptors (Lipinski definition) is 4. The predicted octanol–water partition coefficient (Wildman–Crippen LogP) is 4.30. The quantitative estimate of drug-likeness (QED) is 0.650. The summed E-state index contributed by atoms with van der Waals surface area (Å²) in [7, 11) is 0. The highest BCUT2D eigenvalue weighted by Gasteiger charge is 2.26. The first-order valence-electron chi connectivity index (χ1n) is 7.82. The van der Waals surface area contributed by atoms with Crippen LogP contribution in [0, 0.1) is 12.8 Å². The molecular weight excluding hydrogens is 308 g/mol. The third-order valence-electron chi connectivity index (χ3n) is 4.14. The molecule has 4 nitrogen and oxygen atoms in total. The molecule has 1 aromatic heterocycles. The number of carboxylic acid groups (broad SMARTS) is 1. The summed E-state index contributed by atoms with van der Waals surface area (Å²) in [5, 5.41) is 15.9. The molecule has 1 atom stereocenters. The second-order valence-corrected chi connectivity index (χ2v) is 6.92. The zero-order chi connectivity index (χ0) is 16.2. The summed E-state index contributed by atoms with van der Waals surface area (Å²) in [6, 6.07) is 10.1. The third kappa shape index (κ3) is 3.79. The molecule has 3 rings (SSSR count). The summed E-state index contributed by atoms with van der Waals surface area (Å²) >= 11 is 1.73. The van der Waals surface area contributed by atoms with E-state index in [1.165, 1.54) is 10.4 Å². The van der Waals surface area contributed by atoms with Crippen molar-refractivity contribution in [3.05, 3.63) is 51.7 Å². The molecule has 0 saturated heterocycles. The van der Waals surface area contributed by atoms with E-state index < -0.39 is 5.97 Å². The molecule has 0 fully saturated rings. The van der Waals surface area contributed by atoms with Crippen LogP contribution in [-0.4, -0.2) is 16.8 Å². The van der Waals surface area contributed by atoms with Gasteiger partial charge in [-0.2, -0.15) is 5.10 Å². The van der Waals surface area contributed by atoms with Gasteiger partial charge >= 0.3 is 5.97 Å². The Morgan fingerprint density at radius 2 is 2.13 bits per heavy atom. The van der Waals surface area contributed by atoms with E-state index in [-0.39, 0.29) is 12.3 Å². The number of aliphatic carboxylic acids is 1. The Morgan fingerprint density at radius 1 is 1.35 bits per heavy atom. The monoisotopic (exact) mass is 328 g/mol. The summed E-state index contributed by atoms with van der Waals surface area (Å²) in [6.45, 7) is 2.04. The molecule has 1 aromatic carbocycles. The number of hydrogen-bond donors (Lipinski definition) is 2. The predicted molar refractivity (Wildman–Crippen MR) is 94.3 cm³/mol. The van der Waals surface area contributed by atoms with Gasteiger partial charge in [0.05, 0.1) is 17.8 Å². The fourth-order valence-corrected chi connectivity index (χ4v) is 3.87. The van der Waals surface area contributed by atoms with E-state index in [0.717, 1.165) is 36.2 Å². The lowest BCUT2D eigenvalue weighted by Crippen LogP contribution is -2.20. The second-order valence-electron chi connectivity index (χ2n) is 5.92. The molecule has 0 bridgehead atoms. The Hall–Kier alpha value is -2.14. The second kappa shape index (κ2) is 6.96. The molecule has 0 aliphatic heterocycles. The van der Waals surface area contributed by atoms with Gasteiger partial charge in [-0.05, 0) is 49.8 Å². The van der Waals surface area contributed by atoms with Crippen molar-refractivity contribution in [1.82, 2.24) is 0 Å². The van der Waals surface area contributed by atoms with Crippen LogP contribution in [-0.2, 0) is 11.2 Å². The van der Waals surface area contributed by atoms with Crippen LogP contribution < -0.4 is 5.43 Å². The topological polar surface area (TPSA) is 61.7 Å². The van der Waals surface area contributed by atoms with Crippen molar-refractivity contribution >= 4 is 28.7 Å². The highest BCUT2D eigenvalue weighted by atomic mass is 32.1. The molecule has 0 radical (unpaired) electrons. The van der Waals surface area contributed by atoms with Gasteiger partial charge in [-0.25, -0.2) is 0 Å². The summed E-state index contributed by atoms with van der Waals surface area (Å²) < 4.78 is 0. The van der Waals surface area contributed by atoms with Crippen molar-refractivity contribution in [2.75, 3.05) is 5.43 Å². The van der Waals surface area contributed by atoms with Crippen molar-refractivity contribution in [2.45, 2.75) is 32.6 Å². The first-order valence-corrected chi connectivity index (χ1v) is 8.70. The van der Waals surface area contributed by atoms with Gasteiger partial charge in [-0.3, -0.25) is 10.2 Å². The molecule has 23 heavy (non-hydrogen) atoms. The molecule has 0 amide bonds. The number of thiophene rings is 1. The SMILES string of the molecule is Cc1ccc(N/N=C2/c3ccsc3CCCC2CC(=O)O)cc1. The molecule has 2 aromatic rings. The zero-order valence-corrected chi connectivity index (χ0v) is 13.9. The van der Waals surface area contributed by atoms with Gasteiger partial charge in [0.2, 0.25) is 0 Å². The van der Waals surface area contributed by atoms with Crippen molar-refractivity contribution in [3.63, 3.8) is 0 Å². The standard InChI is InChI=1S/C18H20N2O2S/c1-12-5-7-14(8-6-12)19-20-18-13(11-17(21)22)3-2-4-16-15(18)9-10-23-16/h5-10,13,19H,2-4,11H2,1H3,(H,21,22)/b20-18+. The van der Waals surface area contributed by atoms with Gasteiger partial charge in [0.15, 0.2) is 0 Å². The van der Waals surface area contributed by atoms with Crippen LogP contribution in [0.1, 0.15) is 35.3 Å². The molecule has 1 heterocycles. The number of nitrogens with zero attached hydrogens (tertiary/aromatic N) is 1. The van der Waals surface area contributed by atoms with Crippen LogP contribution in [0.2, 0.25) is 0 Å². The fraction of sp³-hybridized carbons (Fsp3) is 0.333. The maximum Gasteiger partial charge on any atom is 0.304 e. The van der Waals surface area contributed by atoms with Crippen molar-refractivity contribution in [1.29, 1.82) is 0 Å². The third-order valence-corrected chi connectivity index (χ3v) is 5.12. The summed E-state index contributed by atoms with van der Waals surface area (Å²) in [5.41, 5.74) is 7.20. The normalized spacial score (nSPS) is 19.2. The van der Waals surface area contributed by atoms with Crippen LogP contribution in [0.15, 0.2) is 40.8 Å². The van der Waals surface area contributed by atoms with Gasteiger partial charge < -0.3 is 5.11 Å². The molecule has 2 N–H and O–H groups in total. The summed E-state index contributed by atoms with van der Waals surface area (Å²) in [4.78, 5) is 12.5. The van der Waals surface area contributed by atoms with E-state index in [2.05, 4.69) is 22.0 Å². The molecule has 1 unspecified atom stereocenters. The lowest BCUT2D eigenvalue weighted by atomic mass is 9.93. The Bertz CT molecular complexity index is 719. The Morgan fingerprint density at radius 3 is 2.87 bits per heavy atom. The molecule has 120 valence electrons. The van der Waals surface area contributed by atoms with Gasteiger partial charge in [0.25, 0.3) is 0 Å². The van der Waals surface area contributed by atoms with Gasteiger partial charge in [-0.15, -0.1) is 11.3 Å². The van der Waals surface area contributed by atoms with Gasteiger partial charge in [0.1, 0.15) is 0 Å². The first kappa shape index (κ1) is 15.7.